The standard InChI is InChI=1S/C43H62N6O7/c1-9-29(4)37(42(54)49-25-17-23-34(49)43(55)56)47(8)40(52)33-22-16-24-48(33)41(53)36(28(2)3)46(7)39(51)32(26-30-18-12-10-13-19-30)44-38(50)35(45(5)6)27-31-20-14-11-15-21-31/h10-15,18-21,28-29,32-37H,9,16-17,22-27H2,1-8H3,(H,44,50)(H,55,56)/t29-,32-,33+,34+,35+,36+,37+/m1/s1. The second-order valence-corrected chi connectivity index (χ2v) is 16.1. The molecule has 2 N–H and O–H groups in total. The fourth-order valence-corrected chi connectivity index (χ4v) is 8.25. The minimum Gasteiger partial charge on any atom is -0.480 e. The SMILES string of the molecule is CC[C@@H](C)[C@@H](C(=O)N1CCC[C@H]1C(=O)O)N(C)C(=O)[C@@H]1CCCN1C(=O)[C@H](C(C)C)N(C)C(=O)[C@@H](Cc1ccccc1)NC(=O)[C@H](Cc1ccccc1)N(C)C. The van der Waals surface area contributed by atoms with E-state index in [-0.39, 0.29) is 36.0 Å². The molecule has 2 aliphatic heterocycles. The Labute approximate surface area is 332 Å². The van der Waals surface area contributed by atoms with Gasteiger partial charge in [-0.15, -0.1) is 0 Å². The molecular weight excluding hydrogens is 713 g/mol. The average Bonchev–Trinajstić information content (AvgIpc) is 3.88. The number of carbonyl (C=O) groups is 6. The summed E-state index contributed by atoms with van der Waals surface area (Å²) in [6.07, 6.45) is 3.11. The van der Waals surface area contributed by atoms with Crippen LogP contribution < -0.4 is 5.32 Å². The highest BCUT2D eigenvalue weighted by atomic mass is 16.4. The molecule has 2 aromatic carbocycles. The van der Waals surface area contributed by atoms with Crippen molar-refractivity contribution in [3.8, 4) is 0 Å². The number of benzene rings is 2. The lowest BCUT2D eigenvalue weighted by Crippen LogP contribution is -2.61. The summed E-state index contributed by atoms with van der Waals surface area (Å²) in [6, 6.07) is 13.9. The quantitative estimate of drug-likeness (QED) is 0.249. The van der Waals surface area contributed by atoms with Crippen LogP contribution in [0.1, 0.15) is 70.9 Å². The number of nitrogens with zero attached hydrogens (tertiary/aromatic N) is 5. The Morgan fingerprint density at radius 2 is 1.23 bits per heavy atom. The van der Waals surface area contributed by atoms with Crippen LogP contribution in [0.5, 0.6) is 0 Å². The average molecular weight is 775 g/mol. The lowest BCUT2D eigenvalue weighted by atomic mass is 9.95. The van der Waals surface area contributed by atoms with Gasteiger partial charge in [0.2, 0.25) is 29.5 Å². The number of carbonyl (C=O) groups excluding carboxylic acids is 5. The third-order valence-electron chi connectivity index (χ3n) is 11.6. The third kappa shape index (κ3) is 10.3. The number of hydrogen-bond acceptors (Lipinski definition) is 7. The number of carboxylic acid groups (broad SMARTS) is 1. The van der Waals surface area contributed by atoms with Crippen LogP contribution in [0.3, 0.4) is 0 Å². The van der Waals surface area contributed by atoms with Crippen molar-refractivity contribution in [3.05, 3.63) is 71.8 Å². The second kappa shape index (κ2) is 19.9. The van der Waals surface area contributed by atoms with Gasteiger partial charge in [0.1, 0.15) is 30.2 Å². The van der Waals surface area contributed by atoms with Gasteiger partial charge in [-0.1, -0.05) is 94.8 Å². The molecule has 306 valence electrons. The van der Waals surface area contributed by atoms with Crippen molar-refractivity contribution in [2.24, 2.45) is 11.8 Å². The maximum absolute atomic E-state index is 14.6. The van der Waals surface area contributed by atoms with Crippen molar-refractivity contribution < 1.29 is 33.9 Å². The highest BCUT2D eigenvalue weighted by molar-refractivity contribution is 5.97. The van der Waals surface area contributed by atoms with E-state index in [2.05, 4.69) is 5.32 Å². The predicted molar refractivity (Wildman–Crippen MR) is 214 cm³/mol. The maximum Gasteiger partial charge on any atom is 0.326 e. The second-order valence-electron chi connectivity index (χ2n) is 16.1. The van der Waals surface area contributed by atoms with Crippen molar-refractivity contribution in [2.45, 2.75) is 109 Å². The van der Waals surface area contributed by atoms with Crippen LogP contribution >= 0.6 is 0 Å². The van der Waals surface area contributed by atoms with Crippen LogP contribution in [-0.4, -0.2) is 143 Å². The van der Waals surface area contributed by atoms with Crippen LogP contribution in [0.15, 0.2) is 60.7 Å². The fraction of sp³-hybridized carbons (Fsp3) is 0.581. The number of amides is 5. The lowest BCUT2D eigenvalue weighted by molar-refractivity contribution is -0.157. The summed E-state index contributed by atoms with van der Waals surface area (Å²) in [5.74, 6) is -3.56. The molecule has 0 aromatic heterocycles. The molecule has 7 atom stereocenters. The zero-order valence-electron chi connectivity index (χ0n) is 34.4. The number of rotatable bonds is 17. The summed E-state index contributed by atoms with van der Waals surface area (Å²) in [6.45, 7) is 8.11. The fourth-order valence-electron chi connectivity index (χ4n) is 8.25. The Bertz CT molecular complexity index is 1670. The van der Waals surface area contributed by atoms with Crippen molar-refractivity contribution in [1.29, 1.82) is 0 Å². The summed E-state index contributed by atoms with van der Waals surface area (Å²) in [5, 5.41) is 12.8. The smallest absolute Gasteiger partial charge is 0.326 e. The maximum atomic E-state index is 14.6. The monoisotopic (exact) mass is 774 g/mol. The Morgan fingerprint density at radius 1 is 0.732 bits per heavy atom. The van der Waals surface area contributed by atoms with Gasteiger partial charge in [0, 0.05) is 33.6 Å². The number of likely N-dealkylation sites (tertiary alicyclic amines) is 2. The first-order valence-electron chi connectivity index (χ1n) is 20.0. The summed E-state index contributed by atoms with van der Waals surface area (Å²) in [7, 11) is 6.79. The molecule has 4 rings (SSSR count). The zero-order valence-corrected chi connectivity index (χ0v) is 34.4. The molecule has 0 spiro atoms. The van der Waals surface area contributed by atoms with E-state index in [0.717, 1.165) is 11.1 Å². The molecule has 0 saturated carbocycles. The van der Waals surface area contributed by atoms with E-state index in [1.54, 1.807) is 14.1 Å². The van der Waals surface area contributed by atoms with Gasteiger partial charge in [-0.25, -0.2) is 4.79 Å². The first-order chi connectivity index (χ1) is 26.6. The number of likely N-dealkylation sites (N-methyl/N-ethyl adjacent to an activating group) is 3. The van der Waals surface area contributed by atoms with Gasteiger partial charge in [0.05, 0.1) is 6.04 Å². The summed E-state index contributed by atoms with van der Waals surface area (Å²) >= 11 is 0. The minimum atomic E-state index is -1.06. The van der Waals surface area contributed by atoms with Crippen molar-refractivity contribution >= 4 is 35.5 Å². The van der Waals surface area contributed by atoms with E-state index in [0.29, 0.717) is 51.6 Å². The van der Waals surface area contributed by atoms with E-state index in [9.17, 15) is 33.9 Å². The lowest BCUT2D eigenvalue weighted by Gasteiger charge is -2.40. The van der Waals surface area contributed by atoms with Gasteiger partial charge in [-0.2, -0.15) is 0 Å². The largest absolute Gasteiger partial charge is 0.480 e. The van der Waals surface area contributed by atoms with Gasteiger partial charge in [0.25, 0.3) is 0 Å². The topological polar surface area (TPSA) is 151 Å². The van der Waals surface area contributed by atoms with Crippen LogP contribution in [0.4, 0.5) is 0 Å². The molecule has 2 fully saturated rings. The Balaban J connectivity index is 1.58. The molecular formula is C43H62N6O7. The molecule has 0 unspecified atom stereocenters. The van der Waals surface area contributed by atoms with Crippen LogP contribution in [0, 0.1) is 11.8 Å². The van der Waals surface area contributed by atoms with Crippen molar-refractivity contribution in [1.82, 2.24) is 29.8 Å². The molecule has 0 bridgehead atoms. The van der Waals surface area contributed by atoms with Crippen molar-refractivity contribution in [2.75, 3.05) is 41.3 Å². The van der Waals surface area contributed by atoms with Crippen LogP contribution in [0.2, 0.25) is 0 Å². The van der Waals surface area contributed by atoms with Gasteiger partial charge in [-0.3, -0.25) is 28.9 Å². The Morgan fingerprint density at radius 3 is 1.73 bits per heavy atom. The molecule has 5 amide bonds. The summed E-state index contributed by atoms with van der Waals surface area (Å²) in [5.41, 5.74) is 1.83. The molecule has 2 aliphatic rings. The van der Waals surface area contributed by atoms with Gasteiger partial charge in [-0.05, 0) is 69.2 Å². The first kappa shape index (κ1) is 43.9. The van der Waals surface area contributed by atoms with E-state index in [1.807, 2.05) is 107 Å². The van der Waals surface area contributed by atoms with Gasteiger partial charge < -0.3 is 30.0 Å². The van der Waals surface area contributed by atoms with Crippen LogP contribution in [0.25, 0.3) is 0 Å². The van der Waals surface area contributed by atoms with E-state index >= 15 is 0 Å². The Hall–Kier alpha value is -4.78. The number of aliphatic carboxylic acids is 1. The molecule has 2 saturated heterocycles. The Kier molecular flexibility index (Phi) is 15.6. The molecule has 13 heteroatoms. The molecule has 56 heavy (non-hydrogen) atoms. The zero-order chi connectivity index (χ0) is 41.3. The number of hydrogen-bond donors (Lipinski definition) is 2. The van der Waals surface area contributed by atoms with Crippen molar-refractivity contribution in [3.63, 3.8) is 0 Å². The molecule has 2 heterocycles. The van der Waals surface area contributed by atoms with E-state index in [1.165, 1.54) is 19.6 Å². The van der Waals surface area contributed by atoms with Gasteiger partial charge >= 0.3 is 5.97 Å². The number of nitrogens with one attached hydrogen (secondary N) is 1. The highest BCUT2D eigenvalue weighted by Gasteiger charge is 2.46. The highest BCUT2D eigenvalue weighted by Crippen LogP contribution is 2.28. The van der Waals surface area contributed by atoms with E-state index < -0.39 is 54.0 Å². The van der Waals surface area contributed by atoms with Crippen LogP contribution in [-0.2, 0) is 41.6 Å². The normalized spacial score (nSPS) is 19.6. The predicted octanol–water partition coefficient (Wildman–Crippen LogP) is 3.31. The molecule has 0 aliphatic carbocycles. The first-order valence-corrected chi connectivity index (χ1v) is 20.0. The molecule has 0 radical (unpaired) electrons. The van der Waals surface area contributed by atoms with Gasteiger partial charge in [0.15, 0.2) is 0 Å². The van der Waals surface area contributed by atoms with E-state index in [4.69, 9.17) is 0 Å². The molecule has 13 nitrogen and oxygen atoms in total. The summed E-state index contributed by atoms with van der Waals surface area (Å²) in [4.78, 5) is 91.0. The summed E-state index contributed by atoms with van der Waals surface area (Å²) < 4.78 is 0. The third-order valence-corrected chi connectivity index (χ3v) is 11.6. The number of carboxylic acids is 1. The molecule has 2 aromatic rings. The minimum absolute atomic E-state index is 0.209.